The summed E-state index contributed by atoms with van der Waals surface area (Å²) in [6, 6.07) is 3.79. The van der Waals surface area contributed by atoms with Gasteiger partial charge in [0.1, 0.15) is 10.4 Å². The lowest BCUT2D eigenvalue weighted by atomic mass is 9.75. The molecule has 3 N–H and O–H groups in total. The molecule has 5 nitrogen and oxygen atoms in total. The molecular formula is C15H20N4OS. The zero-order valence-corrected chi connectivity index (χ0v) is 13.2. The molecule has 0 spiro atoms. The van der Waals surface area contributed by atoms with Crippen LogP contribution >= 0.6 is 11.3 Å². The molecular weight excluding hydrogens is 284 g/mol. The summed E-state index contributed by atoms with van der Waals surface area (Å²) in [7, 11) is 4.14. The van der Waals surface area contributed by atoms with Crippen LogP contribution in [0.2, 0.25) is 0 Å². The highest BCUT2D eigenvalue weighted by Gasteiger charge is 2.39. The van der Waals surface area contributed by atoms with Crippen LogP contribution in [-0.2, 0) is 0 Å². The first-order chi connectivity index (χ1) is 10.0. The lowest BCUT2D eigenvalue weighted by molar-refractivity contribution is 0.0559. The van der Waals surface area contributed by atoms with Gasteiger partial charge in [-0.2, -0.15) is 0 Å². The van der Waals surface area contributed by atoms with Gasteiger partial charge >= 0.3 is 0 Å². The van der Waals surface area contributed by atoms with E-state index in [-0.39, 0.29) is 11.4 Å². The second-order valence-electron chi connectivity index (χ2n) is 5.85. The predicted octanol–water partition coefficient (Wildman–Crippen LogP) is 2.09. The summed E-state index contributed by atoms with van der Waals surface area (Å²) in [5.41, 5.74) is 7.38. The van der Waals surface area contributed by atoms with Crippen LogP contribution in [-0.4, -0.2) is 42.0 Å². The van der Waals surface area contributed by atoms with E-state index in [1.807, 2.05) is 12.1 Å². The average Bonchev–Trinajstić information content (AvgIpc) is 2.75. The minimum absolute atomic E-state index is 0.0939. The molecule has 1 aliphatic carbocycles. The number of thiophene rings is 1. The number of pyridine rings is 1. The Kier molecular flexibility index (Phi) is 3.59. The van der Waals surface area contributed by atoms with E-state index in [2.05, 4.69) is 29.3 Å². The minimum Gasteiger partial charge on any atom is -0.396 e. The number of hydrogen-bond acceptors (Lipinski definition) is 5. The number of anilines is 1. The molecule has 0 atom stereocenters. The van der Waals surface area contributed by atoms with Crippen LogP contribution < -0.4 is 11.1 Å². The summed E-state index contributed by atoms with van der Waals surface area (Å²) >= 11 is 1.40. The van der Waals surface area contributed by atoms with E-state index in [1.54, 1.807) is 6.20 Å². The molecule has 0 aromatic carbocycles. The van der Waals surface area contributed by atoms with Crippen LogP contribution in [0.5, 0.6) is 0 Å². The molecule has 2 aromatic rings. The molecule has 0 bridgehead atoms. The van der Waals surface area contributed by atoms with Crippen LogP contribution in [0, 0.1) is 0 Å². The SMILES string of the molecule is CN(C)C1(CNC(=O)c2sc3cccnc3c2N)CCC1. The van der Waals surface area contributed by atoms with Crippen molar-refractivity contribution in [3.8, 4) is 0 Å². The average molecular weight is 304 g/mol. The largest absolute Gasteiger partial charge is 0.396 e. The number of hydrogen-bond donors (Lipinski definition) is 2. The molecule has 6 heteroatoms. The number of carbonyl (C=O) groups is 1. The number of fused-ring (bicyclic) bond motifs is 1. The fourth-order valence-corrected chi connectivity index (χ4v) is 3.81. The van der Waals surface area contributed by atoms with Gasteiger partial charge in [-0.3, -0.25) is 9.78 Å². The van der Waals surface area contributed by atoms with Crippen molar-refractivity contribution in [2.75, 3.05) is 26.4 Å². The molecule has 2 heterocycles. The monoisotopic (exact) mass is 304 g/mol. The van der Waals surface area contributed by atoms with Crippen molar-refractivity contribution < 1.29 is 4.79 Å². The van der Waals surface area contributed by atoms with Crippen molar-refractivity contribution in [3.05, 3.63) is 23.2 Å². The molecule has 1 saturated carbocycles. The van der Waals surface area contributed by atoms with Gasteiger partial charge in [0.2, 0.25) is 0 Å². The Bertz CT molecular complexity index is 675. The number of nitrogens with zero attached hydrogens (tertiary/aromatic N) is 2. The normalized spacial score (nSPS) is 16.9. The molecule has 0 aliphatic heterocycles. The van der Waals surface area contributed by atoms with Gasteiger partial charge in [-0.1, -0.05) is 0 Å². The summed E-state index contributed by atoms with van der Waals surface area (Å²) in [6.45, 7) is 0.667. The number of carbonyl (C=O) groups excluding carboxylic acids is 1. The number of rotatable bonds is 4. The Morgan fingerprint density at radius 3 is 2.86 bits per heavy atom. The molecule has 0 unspecified atom stereocenters. The number of nitrogens with one attached hydrogen (secondary N) is 1. The lowest BCUT2D eigenvalue weighted by Crippen LogP contribution is -2.57. The number of nitrogen functional groups attached to an aromatic ring is 1. The molecule has 1 fully saturated rings. The first-order valence-corrected chi connectivity index (χ1v) is 7.94. The lowest BCUT2D eigenvalue weighted by Gasteiger charge is -2.47. The van der Waals surface area contributed by atoms with Gasteiger partial charge in [0.15, 0.2) is 0 Å². The summed E-state index contributed by atoms with van der Waals surface area (Å²) in [4.78, 5) is 19.4. The van der Waals surface area contributed by atoms with E-state index in [0.717, 1.165) is 23.1 Å². The van der Waals surface area contributed by atoms with Crippen molar-refractivity contribution >= 4 is 33.1 Å². The van der Waals surface area contributed by atoms with Crippen LogP contribution in [0.15, 0.2) is 18.3 Å². The van der Waals surface area contributed by atoms with Gasteiger partial charge in [-0.15, -0.1) is 11.3 Å². The second-order valence-corrected chi connectivity index (χ2v) is 6.90. The quantitative estimate of drug-likeness (QED) is 0.907. The third-order valence-corrected chi connectivity index (χ3v) is 5.66. The van der Waals surface area contributed by atoms with Crippen molar-refractivity contribution in [2.24, 2.45) is 0 Å². The fourth-order valence-electron chi connectivity index (χ4n) is 2.81. The van der Waals surface area contributed by atoms with E-state index >= 15 is 0 Å². The first-order valence-electron chi connectivity index (χ1n) is 7.12. The highest BCUT2D eigenvalue weighted by molar-refractivity contribution is 7.21. The van der Waals surface area contributed by atoms with E-state index in [1.165, 1.54) is 17.8 Å². The number of aromatic nitrogens is 1. The maximum absolute atomic E-state index is 12.4. The van der Waals surface area contributed by atoms with E-state index in [0.29, 0.717) is 17.1 Å². The standard InChI is InChI=1S/C15H20N4OS/c1-19(2)15(6-4-7-15)9-18-14(20)13-11(16)12-10(21-13)5-3-8-17-12/h3,5,8H,4,6-7,9,16H2,1-2H3,(H,18,20). The summed E-state index contributed by atoms with van der Waals surface area (Å²) in [6.07, 6.45) is 5.18. The maximum atomic E-state index is 12.4. The third kappa shape index (κ3) is 2.38. The highest BCUT2D eigenvalue weighted by atomic mass is 32.1. The third-order valence-electron chi connectivity index (χ3n) is 4.50. The van der Waals surface area contributed by atoms with Crippen LogP contribution in [0.3, 0.4) is 0 Å². The van der Waals surface area contributed by atoms with Crippen molar-refractivity contribution in [1.82, 2.24) is 15.2 Å². The molecule has 21 heavy (non-hydrogen) atoms. The Balaban J connectivity index is 1.77. The van der Waals surface area contributed by atoms with Gasteiger partial charge in [-0.25, -0.2) is 0 Å². The van der Waals surface area contributed by atoms with Crippen molar-refractivity contribution in [3.63, 3.8) is 0 Å². The predicted molar refractivity (Wildman–Crippen MR) is 86.6 cm³/mol. The Hall–Kier alpha value is -1.66. The Labute approximate surface area is 128 Å². The Morgan fingerprint density at radius 2 is 2.29 bits per heavy atom. The van der Waals surface area contributed by atoms with Crippen molar-refractivity contribution in [1.29, 1.82) is 0 Å². The topological polar surface area (TPSA) is 71.2 Å². The zero-order valence-electron chi connectivity index (χ0n) is 12.3. The fraction of sp³-hybridized carbons (Fsp3) is 0.467. The molecule has 0 radical (unpaired) electrons. The van der Waals surface area contributed by atoms with E-state index in [9.17, 15) is 4.79 Å². The van der Waals surface area contributed by atoms with Crippen LogP contribution in [0.25, 0.3) is 10.2 Å². The first kappa shape index (κ1) is 14.3. The molecule has 112 valence electrons. The van der Waals surface area contributed by atoms with Crippen LogP contribution in [0.1, 0.15) is 28.9 Å². The summed E-state index contributed by atoms with van der Waals surface area (Å²) < 4.78 is 0.950. The maximum Gasteiger partial charge on any atom is 0.263 e. The number of nitrogens with two attached hydrogens (primary N) is 1. The number of amides is 1. The molecule has 0 saturated heterocycles. The van der Waals surface area contributed by atoms with Gasteiger partial charge in [0.05, 0.1) is 10.4 Å². The smallest absolute Gasteiger partial charge is 0.263 e. The number of likely N-dealkylation sites (N-methyl/N-ethyl adjacent to an activating group) is 1. The molecule has 3 rings (SSSR count). The van der Waals surface area contributed by atoms with Gasteiger partial charge in [0, 0.05) is 18.3 Å². The minimum atomic E-state index is -0.0939. The van der Waals surface area contributed by atoms with Crippen LogP contribution in [0.4, 0.5) is 5.69 Å². The summed E-state index contributed by atoms with van der Waals surface area (Å²) in [5.74, 6) is -0.0939. The summed E-state index contributed by atoms with van der Waals surface area (Å²) in [5, 5.41) is 3.05. The molecule has 1 amide bonds. The van der Waals surface area contributed by atoms with Gasteiger partial charge in [0.25, 0.3) is 5.91 Å². The second kappa shape index (κ2) is 5.27. The zero-order chi connectivity index (χ0) is 15.0. The van der Waals surface area contributed by atoms with Crippen molar-refractivity contribution in [2.45, 2.75) is 24.8 Å². The van der Waals surface area contributed by atoms with Gasteiger partial charge < -0.3 is 16.0 Å². The molecule has 2 aromatic heterocycles. The van der Waals surface area contributed by atoms with Gasteiger partial charge in [-0.05, 0) is 45.5 Å². The van der Waals surface area contributed by atoms with E-state index < -0.39 is 0 Å². The Morgan fingerprint density at radius 1 is 1.52 bits per heavy atom. The van der Waals surface area contributed by atoms with E-state index in [4.69, 9.17) is 5.73 Å². The highest BCUT2D eigenvalue weighted by Crippen LogP contribution is 2.36. The molecule has 1 aliphatic rings.